The highest BCUT2D eigenvalue weighted by molar-refractivity contribution is 7.91. The highest BCUT2D eigenvalue weighted by Crippen LogP contribution is 2.47. The van der Waals surface area contributed by atoms with Gasteiger partial charge in [0, 0.05) is 5.56 Å². The standard InChI is InChI=1S/C35H31N5O4S/c1-21(2)23-11-17-27(18-12-23)45(42,43)28-19-13-25(14-20-28)40-33-31(22(3)38-40)32(24-9-15-26(44-4)16-10-24)39-30-8-6-5-7-29(30)36-35(41)34(39)37-33/h5-21,32H,1-4H3,(H,36,41). The van der Waals surface area contributed by atoms with Gasteiger partial charge in [0.05, 0.1) is 45.7 Å². The molecule has 1 aromatic heterocycles. The van der Waals surface area contributed by atoms with Crippen molar-refractivity contribution in [2.75, 3.05) is 17.3 Å². The van der Waals surface area contributed by atoms with Crippen molar-refractivity contribution in [1.29, 1.82) is 0 Å². The van der Waals surface area contributed by atoms with Crippen molar-refractivity contribution in [2.45, 2.75) is 42.5 Å². The summed E-state index contributed by atoms with van der Waals surface area (Å²) in [6.45, 7) is 6.06. The molecule has 0 saturated carbocycles. The molecule has 7 rings (SSSR count). The Morgan fingerprint density at radius 1 is 0.867 bits per heavy atom. The van der Waals surface area contributed by atoms with Gasteiger partial charge in [-0.05, 0) is 84.6 Å². The zero-order valence-corrected chi connectivity index (χ0v) is 26.0. The number of ether oxygens (including phenoxy) is 1. The molecule has 0 fully saturated rings. The summed E-state index contributed by atoms with van der Waals surface area (Å²) in [4.78, 5) is 20.7. The van der Waals surface area contributed by atoms with Crippen LogP contribution in [0.15, 0.2) is 112 Å². The van der Waals surface area contributed by atoms with Gasteiger partial charge >= 0.3 is 0 Å². The molecule has 10 heteroatoms. The predicted molar refractivity (Wildman–Crippen MR) is 174 cm³/mol. The molecule has 0 spiro atoms. The topological polar surface area (TPSA) is 106 Å². The van der Waals surface area contributed by atoms with Crippen LogP contribution in [-0.2, 0) is 14.6 Å². The van der Waals surface area contributed by atoms with Crippen LogP contribution in [0.2, 0.25) is 0 Å². The molecule has 3 heterocycles. The number of hydrogen-bond donors (Lipinski definition) is 1. The van der Waals surface area contributed by atoms with Gasteiger partial charge in [-0.3, -0.25) is 4.79 Å². The molecule has 9 nitrogen and oxygen atoms in total. The number of para-hydroxylation sites is 2. The number of carbonyl (C=O) groups is 1. The molecule has 45 heavy (non-hydrogen) atoms. The molecule has 2 aliphatic rings. The number of anilines is 2. The van der Waals surface area contributed by atoms with E-state index in [9.17, 15) is 13.2 Å². The maximum absolute atomic E-state index is 13.5. The van der Waals surface area contributed by atoms with Crippen molar-refractivity contribution in [3.63, 3.8) is 0 Å². The normalized spacial score (nSPS) is 15.6. The molecule has 1 unspecified atom stereocenters. The Balaban J connectivity index is 1.34. The van der Waals surface area contributed by atoms with Gasteiger partial charge < -0.3 is 15.0 Å². The summed E-state index contributed by atoms with van der Waals surface area (Å²) < 4.78 is 34.0. The van der Waals surface area contributed by atoms with E-state index in [0.717, 1.165) is 33.8 Å². The van der Waals surface area contributed by atoms with Crippen LogP contribution >= 0.6 is 0 Å². The number of fused-ring (bicyclic) bond motifs is 4. The average molecular weight is 618 g/mol. The Morgan fingerprint density at radius 2 is 1.51 bits per heavy atom. The predicted octanol–water partition coefficient (Wildman–Crippen LogP) is 6.74. The monoisotopic (exact) mass is 617 g/mol. The third-order valence-electron chi connectivity index (χ3n) is 8.35. The van der Waals surface area contributed by atoms with Gasteiger partial charge in [-0.1, -0.05) is 50.2 Å². The molecule has 5 aromatic rings. The van der Waals surface area contributed by atoms with Crippen LogP contribution in [-0.4, -0.2) is 37.1 Å². The summed E-state index contributed by atoms with van der Waals surface area (Å²) in [5, 5.41) is 7.83. The van der Waals surface area contributed by atoms with Crippen LogP contribution in [0.3, 0.4) is 0 Å². The zero-order valence-electron chi connectivity index (χ0n) is 25.2. The Morgan fingerprint density at radius 3 is 2.16 bits per heavy atom. The number of carbonyl (C=O) groups excluding carboxylic acids is 1. The maximum Gasteiger partial charge on any atom is 0.291 e. The number of benzene rings is 4. The maximum atomic E-state index is 13.5. The number of methoxy groups -OCH3 is 1. The summed E-state index contributed by atoms with van der Waals surface area (Å²) in [7, 11) is -2.10. The number of rotatable bonds is 6. The highest BCUT2D eigenvalue weighted by atomic mass is 32.2. The summed E-state index contributed by atoms with van der Waals surface area (Å²) in [6, 6.07) is 28.6. The van der Waals surface area contributed by atoms with Crippen molar-refractivity contribution >= 4 is 38.8 Å². The minimum absolute atomic E-state index is 0.179. The second kappa shape index (κ2) is 10.7. The number of aryl methyl sites for hydroxylation is 1. The van der Waals surface area contributed by atoms with Crippen molar-refractivity contribution in [1.82, 2.24) is 9.78 Å². The largest absolute Gasteiger partial charge is 0.497 e. The van der Waals surface area contributed by atoms with E-state index in [1.807, 2.05) is 72.5 Å². The number of aliphatic imine (C=N–C) groups is 1. The minimum atomic E-state index is -3.72. The molecule has 2 aliphatic heterocycles. The molecule has 0 radical (unpaired) electrons. The lowest BCUT2D eigenvalue weighted by Crippen LogP contribution is -2.48. The Bertz CT molecular complexity index is 2080. The van der Waals surface area contributed by atoms with E-state index in [1.54, 1.807) is 48.2 Å². The molecule has 0 saturated heterocycles. The van der Waals surface area contributed by atoms with Gasteiger partial charge in [0.2, 0.25) is 15.7 Å². The Hall–Kier alpha value is -5.22. The van der Waals surface area contributed by atoms with Crippen LogP contribution in [0.5, 0.6) is 5.75 Å². The molecule has 1 atom stereocenters. The number of amidine groups is 1. The van der Waals surface area contributed by atoms with Gasteiger partial charge in [-0.15, -0.1) is 0 Å². The zero-order chi connectivity index (χ0) is 31.5. The first-order valence-electron chi connectivity index (χ1n) is 14.6. The van der Waals surface area contributed by atoms with E-state index in [0.29, 0.717) is 23.1 Å². The Kier molecular flexibility index (Phi) is 6.81. The van der Waals surface area contributed by atoms with Crippen molar-refractivity contribution in [3.8, 4) is 11.4 Å². The van der Waals surface area contributed by atoms with Crippen molar-refractivity contribution in [3.05, 3.63) is 119 Å². The van der Waals surface area contributed by atoms with E-state index in [4.69, 9.17) is 14.8 Å². The van der Waals surface area contributed by atoms with E-state index >= 15 is 0 Å². The van der Waals surface area contributed by atoms with Gasteiger partial charge in [-0.2, -0.15) is 5.10 Å². The summed E-state index contributed by atoms with van der Waals surface area (Å²) >= 11 is 0. The van der Waals surface area contributed by atoms with Crippen LogP contribution < -0.4 is 15.0 Å². The number of nitrogens with one attached hydrogen (secondary N) is 1. The first-order valence-corrected chi connectivity index (χ1v) is 16.1. The average Bonchev–Trinajstić information content (AvgIpc) is 3.39. The fourth-order valence-corrected chi connectivity index (χ4v) is 7.22. The van der Waals surface area contributed by atoms with E-state index in [-0.39, 0.29) is 21.5 Å². The van der Waals surface area contributed by atoms with Gasteiger partial charge in [-0.25, -0.2) is 18.1 Å². The molecule has 4 aromatic carbocycles. The SMILES string of the molecule is COc1ccc(C2c3c(C)nn(-c4ccc(S(=O)(=O)c5ccc(C(C)C)cc5)cc4)c3N=C3C(=O)Nc4ccccc4N32)cc1. The minimum Gasteiger partial charge on any atom is -0.497 e. The Labute approximate surface area is 261 Å². The molecule has 0 bridgehead atoms. The van der Waals surface area contributed by atoms with Gasteiger partial charge in [0.1, 0.15) is 5.75 Å². The van der Waals surface area contributed by atoms with Crippen LogP contribution in [0.4, 0.5) is 17.2 Å². The van der Waals surface area contributed by atoms with Gasteiger partial charge in [0.15, 0.2) is 5.82 Å². The number of sulfone groups is 1. The lowest BCUT2D eigenvalue weighted by atomic mass is 9.93. The number of hydrogen-bond acceptors (Lipinski definition) is 7. The van der Waals surface area contributed by atoms with Crippen LogP contribution in [0, 0.1) is 6.92 Å². The van der Waals surface area contributed by atoms with E-state index in [1.165, 1.54) is 0 Å². The lowest BCUT2D eigenvalue weighted by Gasteiger charge is -2.40. The number of amides is 1. The first-order chi connectivity index (χ1) is 21.7. The van der Waals surface area contributed by atoms with Crippen LogP contribution in [0.1, 0.15) is 48.2 Å². The smallest absolute Gasteiger partial charge is 0.291 e. The van der Waals surface area contributed by atoms with E-state index < -0.39 is 15.9 Å². The van der Waals surface area contributed by atoms with Crippen LogP contribution in [0.25, 0.3) is 5.69 Å². The molecule has 1 N–H and O–H groups in total. The fourth-order valence-electron chi connectivity index (χ4n) is 5.96. The summed E-state index contributed by atoms with van der Waals surface area (Å²) in [5.41, 5.74) is 5.73. The quantitative estimate of drug-likeness (QED) is 0.226. The van der Waals surface area contributed by atoms with Crippen molar-refractivity contribution in [2.24, 2.45) is 4.99 Å². The summed E-state index contributed by atoms with van der Waals surface area (Å²) in [5.74, 6) is 1.45. The number of aromatic nitrogens is 2. The summed E-state index contributed by atoms with van der Waals surface area (Å²) in [6.07, 6.45) is 0. The third-order valence-corrected chi connectivity index (χ3v) is 10.1. The molecular formula is C35H31N5O4S. The molecule has 226 valence electrons. The third kappa shape index (κ3) is 4.69. The second-order valence-electron chi connectivity index (χ2n) is 11.4. The van der Waals surface area contributed by atoms with Gasteiger partial charge in [0.25, 0.3) is 5.91 Å². The molecule has 1 amide bonds. The van der Waals surface area contributed by atoms with Crippen molar-refractivity contribution < 1.29 is 17.9 Å². The second-order valence-corrected chi connectivity index (χ2v) is 13.4. The highest BCUT2D eigenvalue weighted by Gasteiger charge is 2.42. The first kappa shape index (κ1) is 28.5. The fraction of sp³-hybridized carbons (Fsp3) is 0.171. The molecule has 0 aliphatic carbocycles. The molecular weight excluding hydrogens is 586 g/mol. The number of nitrogens with zero attached hydrogens (tertiary/aromatic N) is 4. The van der Waals surface area contributed by atoms with E-state index in [2.05, 4.69) is 19.2 Å². The lowest BCUT2D eigenvalue weighted by molar-refractivity contribution is -0.110.